The van der Waals surface area contributed by atoms with Crippen molar-refractivity contribution in [2.75, 3.05) is 6.61 Å². The highest BCUT2D eigenvalue weighted by atomic mass is 16.6. The highest BCUT2D eigenvalue weighted by Crippen LogP contribution is 2.34. The van der Waals surface area contributed by atoms with E-state index < -0.39 is 12.1 Å². The van der Waals surface area contributed by atoms with Gasteiger partial charge in [-0.25, -0.2) is 9.59 Å². The van der Waals surface area contributed by atoms with Crippen LogP contribution in [0.1, 0.15) is 26.2 Å². The van der Waals surface area contributed by atoms with Crippen molar-refractivity contribution in [1.29, 1.82) is 0 Å². The molecule has 84 valence electrons. The average molecular weight is 213 g/mol. The molecule has 0 aromatic heterocycles. The molecular weight excluding hydrogens is 198 g/mol. The lowest BCUT2D eigenvalue weighted by Crippen LogP contribution is -2.45. The number of esters is 1. The molecule has 1 saturated heterocycles. The summed E-state index contributed by atoms with van der Waals surface area (Å²) < 4.78 is 9.98. The summed E-state index contributed by atoms with van der Waals surface area (Å²) in [6.07, 6.45) is 2.36. The second kappa shape index (κ2) is 4.08. The van der Waals surface area contributed by atoms with Gasteiger partial charge in [-0.05, 0) is 25.7 Å². The molecule has 0 radical (unpaired) electrons. The molecule has 0 aromatic carbocycles. The van der Waals surface area contributed by atoms with Crippen molar-refractivity contribution >= 4 is 12.1 Å². The molecule has 1 aliphatic heterocycles. The first-order valence-electron chi connectivity index (χ1n) is 5.36. The maximum Gasteiger partial charge on any atom is 0.408 e. The molecule has 2 unspecified atom stereocenters. The molecular formula is C10H15NO4. The second-order valence-electron chi connectivity index (χ2n) is 3.93. The van der Waals surface area contributed by atoms with Crippen LogP contribution in [0.15, 0.2) is 0 Å². The molecule has 1 heterocycles. The van der Waals surface area contributed by atoms with E-state index in [9.17, 15) is 9.59 Å². The highest BCUT2D eigenvalue weighted by Gasteiger charge is 2.46. The largest absolute Gasteiger partial charge is 0.464 e. The molecule has 2 aliphatic rings. The van der Waals surface area contributed by atoms with Crippen LogP contribution in [0, 0.1) is 5.92 Å². The summed E-state index contributed by atoms with van der Waals surface area (Å²) in [5.41, 5.74) is 0. The number of alkyl carbamates (subject to hydrolysis) is 1. The third kappa shape index (κ3) is 1.91. The van der Waals surface area contributed by atoms with Crippen molar-refractivity contribution in [2.24, 2.45) is 5.92 Å². The zero-order valence-corrected chi connectivity index (χ0v) is 8.69. The van der Waals surface area contributed by atoms with E-state index in [4.69, 9.17) is 9.47 Å². The average Bonchev–Trinajstić information content (AvgIpc) is 2.45. The Labute approximate surface area is 88.1 Å². The second-order valence-corrected chi connectivity index (χ2v) is 3.93. The maximum atomic E-state index is 11.5. The Morgan fingerprint density at radius 2 is 2.33 bits per heavy atom. The molecule has 2 rings (SSSR count). The fraction of sp³-hybridized carbons (Fsp3) is 0.800. The van der Waals surface area contributed by atoms with Crippen LogP contribution >= 0.6 is 0 Å². The van der Waals surface area contributed by atoms with Gasteiger partial charge in [0.25, 0.3) is 0 Å². The monoisotopic (exact) mass is 213 g/mol. The third-order valence-corrected chi connectivity index (χ3v) is 3.00. The fourth-order valence-corrected chi connectivity index (χ4v) is 2.00. The molecule has 1 saturated carbocycles. The van der Waals surface area contributed by atoms with Crippen LogP contribution in [0.3, 0.4) is 0 Å². The number of amides is 1. The van der Waals surface area contributed by atoms with Crippen LogP contribution in [0.5, 0.6) is 0 Å². The quantitative estimate of drug-likeness (QED) is 0.705. The normalized spacial score (nSPS) is 30.3. The van der Waals surface area contributed by atoms with Crippen molar-refractivity contribution in [2.45, 2.75) is 38.3 Å². The number of carbonyl (C=O) groups is 2. The number of ether oxygens (including phenoxy) is 2. The topological polar surface area (TPSA) is 64.6 Å². The number of cyclic esters (lactones) is 1. The molecule has 2 fully saturated rings. The van der Waals surface area contributed by atoms with Gasteiger partial charge in [-0.15, -0.1) is 0 Å². The van der Waals surface area contributed by atoms with Gasteiger partial charge in [0.05, 0.1) is 6.61 Å². The molecule has 15 heavy (non-hydrogen) atoms. The molecule has 1 aliphatic carbocycles. The molecule has 0 spiro atoms. The molecule has 5 heteroatoms. The van der Waals surface area contributed by atoms with E-state index in [-0.39, 0.29) is 12.1 Å². The van der Waals surface area contributed by atoms with Gasteiger partial charge in [0.1, 0.15) is 6.10 Å². The SMILES string of the molecule is CCOC(=O)C1NC(=O)OC1C1CCC1. The van der Waals surface area contributed by atoms with Gasteiger partial charge in [0, 0.05) is 0 Å². The molecule has 1 N–H and O–H groups in total. The number of carbonyl (C=O) groups excluding carboxylic acids is 2. The van der Waals surface area contributed by atoms with E-state index >= 15 is 0 Å². The summed E-state index contributed by atoms with van der Waals surface area (Å²) in [5.74, 6) is -0.0707. The Morgan fingerprint density at radius 3 is 2.87 bits per heavy atom. The van der Waals surface area contributed by atoms with Gasteiger partial charge < -0.3 is 14.8 Å². The van der Waals surface area contributed by atoms with Crippen LogP contribution in [0.4, 0.5) is 4.79 Å². The van der Waals surface area contributed by atoms with Crippen molar-refractivity contribution < 1.29 is 19.1 Å². The standard InChI is InChI=1S/C10H15NO4/c1-2-14-9(12)7-8(6-4-3-5-6)15-10(13)11-7/h6-8H,2-5H2,1H3,(H,11,13). The first-order valence-corrected chi connectivity index (χ1v) is 5.36. The Bertz CT molecular complexity index is 275. The lowest BCUT2D eigenvalue weighted by molar-refractivity contribution is -0.147. The summed E-state index contributed by atoms with van der Waals surface area (Å²) in [4.78, 5) is 22.6. The summed E-state index contributed by atoms with van der Waals surface area (Å²) in [6.45, 7) is 2.07. The van der Waals surface area contributed by atoms with Gasteiger partial charge >= 0.3 is 12.1 Å². The van der Waals surface area contributed by atoms with Crippen LogP contribution < -0.4 is 5.32 Å². The Hall–Kier alpha value is -1.26. The van der Waals surface area contributed by atoms with Gasteiger partial charge in [0.2, 0.25) is 0 Å². The van der Waals surface area contributed by atoms with Crippen LogP contribution in [-0.4, -0.2) is 30.8 Å². The van der Waals surface area contributed by atoms with Gasteiger partial charge in [-0.2, -0.15) is 0 Å². The number of rotatable bonds is 3. The number of nitrogens with one attached hydrogen (secondary N) is 1. The van der Waals surface area contributed by atoms with Gasteiger partial charge in [-0.1, -0.05) is 6.42 Å². The summed E-state index contributed by atoms with van der Waals surface area (Å²) >= 11 is 0. The molecule has 1 amide bonds. The van der Waals surface area contributed by atoms with Gasteiger partial charge in [0.15, 0.2) is 6.04 Å². The van der Waals surface area contributed by atoms with Crippen molar-refractivity contribution in [3.63, 3.8) is 0 Å². The minimum Gasteiger partial charge on any atom is -0.464 e. The minimum absolute atomic E-state index is 0.318. The van der Waals surface area contributed by atoms with Crippen LogP contribution in [-0.2, 0) is 14.3 Å². The van der Waals surface area contributed by atoms with E-state index in [0.29, 0.717) is 12.5 Å². The lowest BCUT2D eigenvalue weighted by atomic mass is 9.79. The highest BCUT2D eigenvalue weighted by molar-refractivity contribution is 5.85. The van der Waals surface area contributed by atoms with Crippen molar-refractivity contribution in [3.05, 3.63) is 0 Å². The van der Waals surface area contributed by atoms with Crippen LogP contribution in [0.2, 0.25) is 0 Å². The summed E-state index contributed by atoms with van der Waals surface area (Å²) in [5, 5.41) is 2.50. The first kappa shape index (κ1) is 10.3. The molecule has 5 nitrogen and oxygen atoms in total. The lowest BCUT2D eigenvalue weighted by Gasteiger charge is -2.31. The molecule has 0 bridgehead atoms. The Balaban J connectivity index is 2.00. The summed E-state index contributed by atoms with van der Waals surface area (Å²) in [7, 11) is 0. The molecule has 0 aromatic rings. The zero-order valence-electron chi connectivity index (χ0n) is 8.69. The van der Waals surface area contributed by atoms with E-state index in [1.54, 1.807) is 6.92 Å². The predicted molar refractivity (Wildman–Crippen MR) is 51.2 cm³/mol. The van der Waals surface area contributed by atoms with E-state index in [1.165, 1.54) is 0 Å². The van der Waals surface area contributed by atoms with Crippen molar-refractivity contribution in [3.8, 4) is 0 Å². The smallest absolute Gasteiger partial charge is 0.408 e. The summed E-state index contributed by atoms with van der Waals surface area (Å²) in [6, 6.07) is -0.609. The molecule has 2 atom stereocenters. The van der Waals surface area contributed by atoms with E-state index in [2.05, 4.69) is 5.32 Å². The Kier molecular flexibility index (Phi) is 2.79. The maximum absolute atomic E-state index is 11.5. The third-order valence-electron chi connectivity index (χ3n) is 3.00. The number of hydrogen-bond donors (Lipinski definition) is 1. The number of hydrogen-bond acceptors (Lipinski definition) is 4. The van der Waals surface area contributed by atoms with Crippen LogP contribution in [0.25, 0.3) is 0 Å². The van der Waals surface area contributed by atoms with Gasteiger partial charge in [-0.3, -0.25) is 0 Å². The van der Waals surface area contributed by atoms with E-state index in [0.717, 1.165) is 19.3 Å². The van der Waals surface area contributed by atoms with E-state index in [1.807, 2.05) is 0 Å². The predicted octanol–water partition coefficient (Wildman–Crippen LogP) is 0.827. The minimum atomic E-state index is -0.609. The fourth-order valence-electron chi connectivity index (χ4n) is 2.00. The Morgan fingerprint density at radius 1 is 1.60 bits per heavy atom. The zero-order chi connectivity index (χ0) is 10.8. The first-order chi connectivity index (χ1) is 7.22. The van der Waals surface area contributed by atoms with Crippen molar-refractivity contribution in [1.82, 2.24) is 5.32 Å².